The monoisotopic (exact) mass is 346 g/mol. The van der Waals surface area contributed by atoms with Crippen molar-refractivity contribution >= 4 is 17.4 Å². The third-order valence-corrected chi connectivity index (χ3v) is 3.29. The van der Waals surface area contributed by atoms with Gasteiger partial charge in [0.15, 0.2) is 0 Å². The van der Waals surface area contributed by atoms with Crippen LogP contribution in [0.2, 0.25) is 5.02 Å². The first kappa shape index (κ1) is 17.3. The van der Waals surface area contributed by atoms with Crippen molar-refractivity contribution < 1.29 is 17.9 Å². The van der Waals surface area contributed by atoms with E-state index in [4.69, 9.17) is 16.3 Å². The van der Waals surface area contributed by atoms with Gasteiger partial charge in [0.05, 0.1) is 17.8 Å². The van der Waals surface area contributed by atoms with Crippen molar-refractivity contribution in [2.75, 3.05) is 18.5 Å². The standard InChI is InChI=1S/C14H14ClF3N4O/c1-8-12(15)13(22-9(2)21-8)19-5-6-23-11-4-3-10(7-20-11)14(16,17)18/h3-4,7H,5-6H2,1-2H3,(H,19,21,22). The molecule has 0 amide bonds. The van der Waals surface area contributed by atoms with Gasteiger partial charge in [-0.1, -0.05) is 11.6 Å². The van der Waals surface area contributed by atoms with Crippen LogP contribution in [-0.4, -0.2) is 28.1 Å². The molecule has 5 nitrogen and oxygen atoms in total. The Labute approximate surface area is 135 Å². The number of nitrogens with zero attached hydrogens (tertiary/aromatic N) is 3. The minimum Gasteiger partial charge on any atom is -0.476 e. The minimum absolute atomic E-state index is 0.112. The Balaban J connectivity index is 1.86. The van der Waals surface area contributed by atoms with Crippen molar-refractivity contribution in [3.63, 3.8) is 0 Å². The van der Waals surface area contributed by atoms with E-state index in [-0.39, 0.29) is 12.5 Å². The molecule has 0 unspecified atom stereocenters. The Morgan fingerprint density at radius 2 is 1.96 bits per heavy atom. The van der Waals surface area contributed by atoms with E-state index in [2.05, 4.69) is 20.3 Å². The third kappa shape index (κ3) is 4.69. The number of aromatic nitrogens is 3. The quantitative estimate of drug-likeness (QED) is 0.837. The second-order valence-electron chi connectivity index (χ2n) is 4.68. The van der Waals surface area contributed by atoms with Gasteiger partial charge in [-0.05, 0) is 19.9 Å². The number of anilines is 1. The van der Waals surface area contributed by atoms with E-state index < -0.39 is 11.7 Å². The van der Waals surface area contributed by atoms with Crippen molar-refractivity contribution in [3.8, 4) is 5.88 Å². The molecule has 2 heterocycles. The molecule has 0 bridgehead atoms. The highest BCUT2D eigenvalue weighted by molar-refractivity contribution is 6.33. The molecule has 0 atom stereocenters. The van der Waals surface area contributed by atoms with Crippen LogP contribution >= 0.6 is 11.6 Å². The first-order valence-corrected chi connectivity index (χ1v) is 7.06. The SMILES string of the molecule is Cc1nc(C)c(Cl)c(NCCOc2ccc(C(F)(F)F)cn2)n1. The maximum atomic E-state index is 12.4. The molecule has 0 aromatic carbocycles. The van der Waals surface area contributed by atoms with Gasteiger partial charge in [-0.15, -0.1) is 0 Å². The first-order valence-electron chi connectivity index (χ1n) is 6.68. The van der Waals surface area contributed by atoms with E-state index in [0.717, 1.165) is 12.3 Å². The van der Waals surface area contributed by atoms with Crippen LogP contribution < -0.4 is 10.1 Å². The Morgan fingerprint density at radius 3 is 2.57 bits per heavy atom. The van der Waals surface area contributed by atoms with E-state index >= 15 is 0 Å². The Kier molecular flexibility index (Phi) is 5.25. The van der Waals surface area contributed by atoms with Gasteiger partial charge >= 0.3 is 6.18 Å². The predicted octanol–water partition coefficient (Wildman–Crippen LogP) is 3.65. The molecule has 0 spiro atoms. The molecule has 0 radical (unpaired) electrons. The van der Waals surface area contributed by atoms with E-state index in [1.54, 1.807) is 13.8 Å². The lowest BCUT2D eigenvalue weighted by atomic mass is 10.3. The minimum atomic E-state index is -4.41. The van der Waals surface area contributed by atoms with Gasteiger partial charge in [0.25, 0.3) is 0 Å². The molecule has 0 aliphatic carbocycles. The third-order valence-electron chi connectivity index (χ3n) is 2.84. The number of rotatable bonds is 5. The lowest BCUT2D eigenvalue weighted by molar-refractivity contribution is -0.137. The number of hydrogen-bond donors (Lipinski definition) is 1. The fourth-order valence-electron chi connectivity index (χ4n) is 1.77. The molecule has 1 N–H and O–H groups in total. The van der Waals surface area contributed by atoms with Gasteiger partial charge in [0, 0.05) is 12.3 Å². The summed E-state index contributed by atoms with van der Waals surface area (Å²) >= 11 is 6.07. The second-order valence-corrected chi connectivity index (χ2v) is 5.05. The fourth-order valence-corrected chi connectivity index (χ4v) is 1.93. The van der Waals surface area contributed by atoms with Crippen LogP contribution in [0.15, 0.2) is 18.3 Å². The molecule has 0 aliphatic rings. The number of halogens is 4. The summed E-state index contributed by atoms with van der Waals surface area (Å²) in [5.74, 6) is 1.18. The van der Waals surface area contributed by atoms with Crippen molar-refractivity contribution in [3.05, 3.63) is 40.4 Å². The van der Waals surface area contributed by atoms with Crippen LogP contribution in [-0.2, 0) is 6.18 Å². The largest absolute Gasteiger partial charge is 0.476 e. The highest BCUT2D eigenvalue weighted by Gasteiger charge is 2.30. The summed E-state index contributed by atoms with van der Waals surface area (Å²) < 4.78 is 42.5. The van der Waals surface area contributed by atoms with Gasteiger partial charge in [-0.2, -0.15) is 13.2 Å². The van der Waals surface area contributed by atoms with Crippen LogP contribution in [0.4, 0.5) is 19.0 Å². The number of hydrogen-bond acceptors (Lipinski definition) is 5. The van der Waals surface area contributed by atoms with Crippen molar-refractivity contribution in [2.45, 2.75) is 20.0 Å². The summed E-state index contributed by atoms with van der Waals surface area (Å²) in [6.07, 6.45) is -3.68. The number of aryl methyl sites for hydroxylation is 2. The molecule has 124 valence electrons. The van der Waals surface area contributed by atoms with Crippen LogP contribution in [0, 0.1) is 13.8 Å². The van der Waals surface area contributed by atoms with Gasteiger partial charge in [0.1, 0.15) is 23.3 Å². The average Bonchev–Trinajstić information content (AvgIpc) is 2.48. The average molecular weight is 347 g/mol. The zero-order chi connectivity index (χ0) is 17.0. The Bertz CT molecular complexity index is 677. The van der Waals surface area contributed by atoms with E-state index in [9.17, 15) is 13.2 Å². The normalized spacial score (nSPS) is 11.4. The van der Waals surface area contributed by atoms with Gasteiger partial charge < -0.3 is 10.1 Å². The summed E-state index contributed by atoms with van der Waals surface area (Å²) in [6, 6.07) is 2.10. The second kappa shape index (κ2) is 6.99. The van der Waals surface area contributed by atoms with Gasteiger partial charge in [-0.3, -0.25) is 0 Å². The van der Waals surface area contributed by atoms with Crippen LogP contribution in [0.3, 0.4) is 0 Å². The number of pyridine rings is 1. The van der Waals surface area contributed by atoms with E-state index in [1.807, 2.05) is 0 Å². The zero-order valence-electron chi connectivity index (χ0n) is 12.4. The molecule has 0 saturated heterocycles. The van der Waals surface area contributed by atoms with Crippen LogP contribution in [0.5, 0.6) is 5.88 Å². The highest BCUT2D eigenvalue weighted by atomic mass is 35.5. The molecule has 0 saturated carbocycles. The van der Waals surface area contributed by atoms with Crippen LogP contribution in [0.1, 0.15) is 17.1 Å². The molecular weight excluding hydrogens is 333 g/mol. The van der Waals surface area contributed by atoms with Crippen molar-refractivity contribution in [1.82, 2.24) is 15.0 Å². The molecule has 23 heavy (non-hydrogen) atoms. The van der Waals surface area contributed by atoms with Crippen molar-refractivity contribution in [2.24, 2.45) is 0 Å². The molecule has 2 rings (SSSR count). The highest BCUT2D eigenvalue weighted by Crippen LogP contribution is 2.29. The van der Waals surface area contributed by atoms with Gasteiger partial charge in [0.2, 0.25) is 5.88 Å². The van der Waals surface area contributed by atoms with Crippen molar-refractivity contribution in [1.29, 1.82) is 0 Å². The lowest BCUT2D eigenvalue weighted by Crippen LogP contribution is -2.14. The lowest BCUT2D eigenvalue weighted by Gasteiger charge is -2.11. The van der Waals surface area contributed by atoms with E-state index in [1.165, 1.54) is 6.07 Å². The number of alkyl halides is 3. The van der Waals surface area contributed by atoms with E-state index in [0.29, 0.717) is 28.9 Å². The summed E-state index contributed by atoms with van der Waals surface area (Å²) in [7, 11) is 0. The Hall–Kier alpha value is -2.09. The molecule has 2 aromatic heterocycles. The fraction of sp³-hybridized carbons (Fsp3) is 0.357. The predicted molar refractivity (Wildman–Crippen MR) is 79.7 cm³/mol. The first-order chi connectivity index (χ1) is 10.8. The summed E-state index contributed by atoms with van der Waals surface area (Å²) in [5, 5.41) is 3.40. The topological polar surface area (TPSA) is 59.9 Å². The molecule has 0 aliphatic heterocycles. The maximum absolute atomic E-state index is 12.4. The summed E-state index contributed by atoms with van der Waals surface area (Å²) in [4.78, 5) is 11.9. The number of nitrogens with one attached hydrogen (secondary N) is 1. The summed E-state index contributed by atoms with van der Waals surface area (Å²) in [5.41, 5.74) is -0.159. The Morgan fingerprint density at radius 1 is 1.22 bits per heavy atom. The smallest absolute Gasteiger partial charge is 0.417 e. The van der Waals surface area contributed by atoms with Crippen LogP contribution in [0.25, 0.3) is 0 Å². The molecule has 2 aromatic rings. The summed E-state index contributed by atoms with van der Waals surface area (Å²) in [6.45, 7) is 4.07. The molecular formula is C14H14ClF3N4O. The maximum Gasteiger partial charge on any atom is 0.417 e. The molecule has 9 heteroatoms. The zero-order valence-corrected chi connectivity index (χ0v) is 13.2. The molecule has 0 fully saturated rings. The number of ether oxygens (including phenoxy) is 1. The van der Waals surface area contributed by atoms with Gasteiger partial charge in [-0.25, -0.2) is 15.0 Å².